The summed E-state index contributed by atoms with van der Waals surface area (Å²) in [5.41, 5.74) is 4.71. The summed E-state index contributed by atoms with van der Waals surface area (Å²) in [6.45, 7) is 9.34. The number of aliphatic hydroxyl groups is 1. The highest BCUT2D eigenvalue weighted by Crippen LogP contribution is 2.50. The van der Waals surface area contributed by atoms with Crippen molar-refractivity contribution in [3.8, 4) is 0 Å². The normalized spacial score (nSPS) is 23.5. The van der Waals surface area contributed by atoms with Crippen LogP contribution in [0, 0.1) is 5.92 Å². The molecule has 2 unspecified atom stereocenters. The second kappa shape index (κ2) is 10.1. The smallest absolute Gasteiger partial charge is 0.0926 e. The van der Waals surface area contributed by atoms with Gasteiger partial charge in [-0.2, -0.15) is 0 Å². The molecule has 0 saturated heterocycles. The molecule has 0 amide bonds. The van der Waals surface area contributed by atoms with Crippen molar-refractivity contribution in [2.75, 3.05) is 29.4 Å². The SMILES string of the molecule is CCCCNC1=C(C=C2Sc3ccccc3N2CC)C(O)C1C=C1Sc2ccccc2N1CC. The van der Waals surface area contributed by atoms with Gasteiger partial charge in [0.2, 0.25) is 0 Å². The van der Waals surface area contributed by atoms with Gasteiger partial charge < -0.3 is 20.2 Å². The summed E-state index contributed by atoms with van der Waals surface area (Å²) in [6, 6.07) is 17.1. The third-order valence-corrected chi connectivity index (χ3v) is 8.90. The van der Waals surface area contributed by atoms with Gasteiger partial charge in [0.25, 0.3) is 0 Å². The molecule has 6 heteroatoms. The standard InChI is InChI=1S/C28H33N3OS2/c1-4-7-16-29-27-19(17-25-30(5-2)21-12-8-10-14-23(21)33-25)28(32)20(27)18-26-31(6-3)22-13-9-11-15-24(22)34-26/h8-15,17-19,28-29,32H,4-7,16H2,1-3H3. The molecule has 5 rings (SSSR count). The first-order chi connectivity index (χ1) is 16.7. The molecule has 2 aromatic carbocycles. The first-order valence-corrected chi connectivity index (χ1v) is 14.0. The minimum atomic E-state index is -0.504. The minimum Gasteiger partial charge on any atom is -0.387 e. The van der Waals surface area contributed by atoms with E-state index in [1.54, 1.807) is 23.5 Å². The Morgan fingerprint density at radius 2 is 1.47 bits per heavy atom. The number of para-hydroxylation sites is 2. The molecule has 0 radical (unpaired) electrons. The lowest BCUT2D eigenvalue weighted by Gasteiger charge is -2.38. The van der Waals surface area contributed by atoms with Gasteiger partial charge in [-0.05, 0) is 56.7 Å². The molecule has 2 N–H and O–H groups in total. The van der Waals surface area contributed by atoms with Crippen molar-refractivity contribution >= 4 is 34.9 Å². The van der Waals surface area contributed by atoms with Crippen molar-refractivity contribution in [2.45, 2.75) is 49.5 Å². The van der Waals surface area contributed by atoms with Crippen LogP contribution in [0.4, 0.5) is 11.4 Å². The first-order valence-electron chi connectivity index (χ1n) is 12.3. The molecule has 0 saturated carbocycles. The van der Waals surface area contributed by atoms with Crippen molar-refractivity contribution in [1.29, 1.82) is 0 Å². The molecule has 34 heavy (non-hydrogen) atoms. The highest BCUT2D eigenvalue weighted by atomic mass is 32.2. The van der Waals surface area contributed by atoms with Gasteiger partial charge in [0, 0.05) is 40.7 Å². The van der Waals surface area contributed by atoms with Crippen molar-refractivity contribution in [3.63, 3.8) is 0 Å². The van der Waals surface area contributed by atoms with E-state index in [1.807, 2.05) is 0 Å². The summed E-state index contributed by atoms with van der Waals surface area (Å²) in [6.07, 6.45) is 6.23. The topological polar surface area (TPSA) is 38.7 Å². The molecule has 4 nitrogen and oxygen atoms in total. The lowest BCUT2D eigenvalue weighted by Crippen LogP contribution is -2.42. The van der Waals surface area contributed by atoms with E-state index in [1.165, 1.54) is 36.9 Å². The maximum Gasteiger partial charge on any atom is 0.0926 e. The number of hydrogen-bond acceptors (Lipinski definition) is 6. The summed E-state index contributed by atoms with van der Waals surface area (Å²) in [5.74, 6) is -0.0153. The van der Waals surface area contributed by atoms with E-state index in [4.69, 9.17) is 0 Å². The van der Waals surface area contributed by atoms with E-state index < -0.39 is 6.10 Å². The number of unbranched alkanes of at least 4 members (excludes halogenated alkanes) is 1. The Bertz CT molecular complexity index is 1160. The summed E-state index contributed by atoms with van der Waals surface area (Å²) >= 11 is 3.60. The van der Waals surface area contributed by atoms with Gasteiger partial charge >= 0.3 is 0 Å². The van der Waals surface area contributed by atoms with Crippen molar-refractivity contribution < 1.29 is 5.11 Å². The zero-order chi connectivity index (χ0) is 23.7. The highest BCUT2D eigenvalue weighted by molar-refractivity contribution is 8.04. The van der Waals surface area contributed by atoms with Crippen LogP contribution in [0.15, 0.2) is 91.8 Å². The molecule has 1 aliphatic carbocycles. The van der Waals surface area contributed by atoms with Crippen LogP contribution in [-0.2, 0) is 0 Å². The Hall–Kier alpha value is -2.28. The fraction of sp³-hybridized carbons (Fsp3) is 0.357. The molecule has 2 atom stereocenters. The molecule has 0 bridgehead atoms. The third-order valence-electron chi connectivity index (χ3n) is 6.66. The number of fused-ring (bicyclic) bond motifs is 2. The predicted molar refractivity (Wildman–Crippen MR) is 146 cm³/mol. The molecule has 0 spiro atoms. The number of rotatable bonds is 8. The van der Waals surface area contributed by atoms with Crippen molar-refractivity contribution in [1.82, 2.24) is 5.32 Å². The van der Waals surface area contributed by atoms with Gasteiger partial charge in [-0.15, -0.1) is 0 Å². The Balaban J connectivity index is 1.46. The number of benzene rings is 2. The summed E-state index contributed by atoms with van der Waals surface area (Å²) in [5, 5.41) is 17.4. The molecule has 0 aromatic heterocycles. The Labute approximate surface area is 211 Å². The van der Waals surface area contributed by atoms with E-state index in [2.05, 4.69) is 96.6 Å². The monoisotopic (exact) mass is 491 g/mol. The highest BCUT2D eigenvalue weighted by Gasteiger charge is 2.39. The van der Waals surface area contributed by atoms with Crippen LogP contribution in [0.25, 0.3) is 0 Å². The Morgan fingerprint density at radius 1 is 0.882 bits per heavy atom. The van der Waals surface area contributed by atoms with Crippen LogP contribution in [0.5, 0.6) is 0 Å². The Morgan fingerprint density at radius 3 is 2.09 bits per heavy atom. The van der Waals surface area contributed by atoms with Crippen LogP contribution in [0.2, 0.25) is 0 Å². The van der Waals surface area contributed by atoms with Crippen LogP contribution in [0.3, 0.4) is 0 Å². The Kier molecular flexibility index (Phi) is 7.00. The average Bonchev–Trinajstić information content (AvgIpc) is 3.41. The van der Waals surface area contributed by atoms with Crippen molar-refractivity contribution in [3.05, 3.63) is 82.0 Å². The van der Waals surface area contributed by atoms with Crippen LogP contribution >= 0.6 is 23.5 Å². The van der Waals surface area contributed by atoms with E-state index in [0.717, 1.165) is 38.0 Å². The fourth-order valence-electron chi connectivity index (χ4n) is 4.84. The minimum absolute atomic E-state index is 0.0153. The molecule has 2 heterocycles. The summed E-state index contributed by atoms with van der Waals surface area (Å²) in [7, 11) is 0. The van der Waals surface area contributed by atoms with Gasteiger partial charge in [-0.3, -0.25) is 0 Å². The van der Waals surface area contributed by atoms with Gasteiger partial charge in [0.05, 0.1) is 33.5 Å². The van der Waals surface area contributed by atoms with E-state index in [0.29, 0.717) is 0 Å². The maximum atomic E-state index is 11.3. The third kappa shape index (κ3) is 4.16. The van der Waals surface area contributed by atoms with E-state index in [9.17, 15) is 5.11 Å². The number of nitrogens with one attached hydrogen (secondary N) is 1. The van der Waals surface area contributed by atoms with Gasteiger partial charge in [0.15, 0.2) is 0 Å². The van der Waals surface area contributed by atoms with Crippen molar-refractivity contribution in [2.24, 2.45) is 5.92 Å². The molecule has 3 aliphatic rings. The number of nitrogens with zero attached hydrogens (tertiary/aromatic N) is 2. The summed E-state index contributed by atoms with van der Waals surface area (Å²) in [4.78, 5) is 7.27. The zero-order valence-corrected chi connectivity index (χ0v) is 21.8. The largest absolute Gasteiger partial charge is 0.387 e. The molecule has 2 aliphatic heterocycles. The molecular weight excluding hydrogens is 458 g/mol. The van der Waals surface area contributed by atoms with Gasteiger partial charge in [0.1, 0.15) is 0 Å². The average molecular weight is 492 g/mol. The quantitative estimate of drug-likeness (QED) is 0.407. The molecule has 0 fully saturated rings. The number of thioether (sulfide) groups is 2. The molecule has 178 valence electrons. The maximum absolute atomic E-state index is 11.3. The summed E-state index contributed by atoms with van der Waals surface area (Å²) < 4.78 is 0. The van der Waals surface area contributed by atoms with Gasteiger partial charge in [-0.25, -0.2) is 0 Å². The number of hydrogen-bond donors (Lipinski definition) is 2. The van der Waals surface area contributed by atoms with Crippen LogP contribution in [0.1, 0.15) is 33.6 Å². The lowest BCUT2D eigenvalue weighted by atomic mass is 9.78. The molecule has 2 aromatic rings. The number of aliphatic hydroxyl groups excluding tert-OH is 1. The predicted octanol–water partition coefficient (Wildman–Crippen LogP) is 6.57. The second-order valence-corrected chi connectivity index (χ2v) is 10.9. The zero-order valence-electron chi connectivity index (χ0n) is 20.1. The molecular formula is C28H33N3OS2. The fourth-order valence-corrected chi connectivity index (χ4v) is 7.23. The number of anilines is 2. The van der Waals surface area contributed by atoms with Gasteiger partial charge in [-0.1, -0.05) is 61.1 Å². The van der Waals surface area contributed by atoms with Crippen LogP contribution in [-0.4, -0.2) is 30.8 Å². The van der Waals surface area contributed by atoms with E-state index in [-0.39, 0.29) is 5.92 Å². The first kappa shape index (κ1) is 23.5. The van der Waals surface area contributed by atoms with Crippen LogP contribution < -0.4 is 15.1 Å². The van der Waals surface area contributed by atoms with E-state index >= 15 is 0 Å². The second-order valence-electron chi connectivity index (χ2n) is 8.74. The lowest BCUT2D eigenvalue weighted by molar-refractivity contribution is 0.149.